The lowest BCUT2D eigenvalue weighted by molar-refractivity contribution is 0.343. The van der Waals surface area contributed by atoms with E-state index in [0.717, 1.165) is 12.2 Å². The third kappa shape index (κ3) is 2.74. The monoisotopic (exact) mass is 152 g/mol. The summed E-state index contributed by atoms with van der Waals surface area (Å²) in [6.07, 6.45) is 3.96. The average molecular weight is 152 g/mol. The van der Waals surface area contributed by atoms with Crippen LogP contribution in [-0.2, 0) is 6.54 Å². The van der Waals surface area contributed by atoms with Gasteiger partial charge in [-0.05, 0) is 12.3 Å². The van der Waals surface area contributed by atoms with Crippen LogP contribution >= 0.6 is 0 Å². The SMILES string of the molecule is Cc1cn(CC(C)(C)C)cn1. The standard InChI is InChI=1S/C9H16N2/c1-8-5-11(7-10-8)6-9(2,3)4/h5,7H,6H2,1-4H3. The van der Waals surface area contributed by atoms with Gasteiger partial charge in [-0.1, -0.05) is 20.8 Å². The highest BCUT2D eigenvalue weighted by atomic mass is 15.0. The maximum Gasteiger partial charge on any atom is 0.0949 e. The fourth-order valence-corrected chi connectivity index (χ4v) is 1.11. The Hall–Kier alpha value is -0.790. The largest absolute Gasteiger partial charge is 0.337 e. The molecular formula is C9H16N2. The van der Waals surface area contributed by atoms with Crippen LogP contribution in [0.3, 0.4) is 0 Å². The molecule has 0 aliphatic heterocycles. The highest BCUT2D eigenvalue weighted by molar-refractivity contribution is 4.92. The minimum Gasteiger partial charge on any atom is -0.337 e. The number of rotatable bonds is 1. The summed E-state index contributed by atoms with van der Waals surface area (Å²) < 4.78 is 2.13. The molecular weight excluding hydrogens is 136 g/mol. The van der Waals surface area contributed by atoms with E-state index in [1.807, 2.05) is 13.3 Å². The second kappa shape index (κ2) is 2.68. The van der Waals surface area contributed by atoms with E-state index in [-0.39, 0.29) is 0 Å². The molecule has 0 atom stereocenters. The summed E-state index contributed by atoms with van der Waals surface area (Å²) in [7, 11) is 0. The molecule has 0 saturated carbocycles. The number of hydrogen-bond donors (Lipinski definition) is 0. The molecule has 1 rings (SSSR count). The Morgan fingerprint density at radius 1 is 1.45 bits per heavy atom. The van der Waals surface area contributed by atoms with Gasteiger partial charge in [-0.25, -0.2) is 4.98 Å². The van der Waals surface area contributed by atoms with Crippen LogP contribution < -0.4 is 0 Å². The fourth-order valence-electron chi connectivity index (χ4n) is 1.11. The highest BCUT2D eigenvalue weighted by Gasteiger charge is 2.10. The summed E-state index contributed by atoms with van der Waals surface area (Å²) in [6.45, 7) is 9.72. The molecule has 11 heavy (non-hydrogen) atoms. The highest BCUT2D eigenvalue weighted by Crippen LogP contribution is 2.15. The lowest BCUT2D eigenvalue weighted by atomic mass is 9.97. The average Bonchev–Trinajstić information content (AvgIpc) is 2.10. The summed E-state index contributed by atoms with van der Waals surface area (Å²) in [5.41, 5.74) is 1.43. The normalized spacial score (nSPS) is 12.0. The molecule has 0 radical (unpaired) electrons. The van der Waals surface area contributed by atoms with Gasteiger partial charge in [0.1, 0.15) is 0 Å². The number of hydrogen-bond acceptors (Lipinski definition) is 1. The van der Waals surface area contributed by atoms with Gasteiger partial charge in [-0.2, -0.15) is 0 Å². The van der Waals surface area contributed by atoms with Crippen LogP contribution in [-0.4, -0.2) is 9.55 Å². The first kappa shape index (κ1) is 8.31. The van der Waals surface area contributed by atoms with Gasteiger partial charge in [0.15, 0.2) is 0 Å². The van der Waals surface area contributed by atoms with E-state index in [9.17, 15) is 0 Å². The first-order chi connectivity index (χ1) is 4.97. The summed E-state index contributed by atoms with van der Waals surface area (Å²) in [5, 5.41) is 0. The molecule has 1 heterocycles. The molecule has 0 N–H and O–H groups in total. The molecule has 0 spiro atoms. The number of aromatic nitrogens is 2. The van der Waals surface area contributed by atoms with Crippen molar-refractivity contribution in [1.29, 1.82) is 0 Å². The Morgan fingerprint density at radius 2 is 2.09 bits per heavy atom. The van der Waals surface area contributed by atoms with Crippen LogP contribution in [0.4, 0.5) is 0 Å². The Kier molecular flexibility index (Phi) is 2.03. The van der Waals surface area contributed by atoms with Crippen LogP contribution in [0, 0.1) is 12.3 Å². The van der Waals surface area contributed by atoms with Gasteiger partial charge in [0.25, 0.3) is 0 Å². The molecule has 1 aromatic rings. The van der Waals surface area contributed by atoms with Crippen LogP contribution in [0.5, 0.6) is 0 Å². The topological polar surface area (TPSA) is 17.8 Å². The number of nitrogens with zero attached hydrogens (tertiary/aromatic N) is 2. The van der Waals surface area contributed by atoms with Crippen molar-refractivity contribution < 1.29 is 0 Å². The third-order valence-corrected chi connectivity index (χ3v) is 1.42. The van der Waals surface area contributed by atoms with E-state index in [1.54, 1.807) is 0 Å². The molecule has 2 nitrogen and oxygen atoms in total. The van der Waals surface area contributed by atoms with Crippen molar-refractivity contribution >= 4 is 0 Å². The van der Waals surface area contributed by atoms with E-state index in [2.05, 4.69) is 36.5 Å². The predicted molar refractivity (Wildman–Crippen MR) is 46.4 cm³/mol. The summed E-state index contributed by atoms with van der Waals surface area (Å²) in [4.78, 5) is 4.16. The molecule has 0 amide bonds. The van der Waals surface area contributed by atoms with E-state index >= 15 is 0 Å². The molecule has 0 aromatic carbocycles. The zero-order chi connectivity index (χ0) is 8.48. The fraction of sp³-hybridized carbons (Fsp3) is 0.667. The summed E-state index contributed by atoms with van der Waals surface area (Å²) >= 11 is 0. The van der Waals surface area contributed by atoms with Gasteiger partial charge in [0, 0.05) is 12.7 Å². The molecule has 1 aromatic heterocycles. The molecule has 0 bridgehead atoms. The quantitative estimate of drug-likeness (QED) is 0.603. The van der Waals surface area contributed by atoms with E-state index in [1.165, 1.54) is 0 Å². The lowest BCUT2D eigenvalue weighted by Gasteiger charge is -2.18. The van der Waals surface area contributed by atoms with Crippen molar-refractivity contribution in [2.75, 3.05) is 0 Å². The van der Waals surface area contributed by atoms with Crippen molar-refractivity contribution in [2.24, 2.45) is 5.41 Å². The van der Waals surface area contributed by atoms with Gasteiger partial charge in [-0.15, -0.1) is 0 Å². The molecule has 62 valence electrons. The van der Waals surface area contributed by atoms with Crippen LogP contribution in [0.2, 0.25) is 0 Å². The Labute approximate surface area is 68.3 Å². The third-order valence-electron chi connectivity index (χ3n) is 1.42. The molecule has 0 saturated heterocycles. The number of imidazole rings is 1. The minimum atomic E-state index is 0.340. The molecule has 0 fully saturated rings. The van der Waals surface area contributed by atoms with Crippen molar-refractivity contribution in [1.82, 2.24) is 9.55 Å². The van der Waals surface area contributed by atoms with Crippen molar-refractivity contribution in [2.45, 2.75) is 34.2 Å². The predicted octanol–water partition coefficient (Wildman–Crippen LogP) is 2.24. The van der Waals surface area contributed by atoms with Gasteiger partial charge in [0.05, 0.1) is 12.0 Å². The van der Waals surface area contributed by atoms with Crippen LogP contribution in [0.1, 0.15) is 26.5 Å². The molecule has 0 aliphatic carbocycles. The number of aryl methyl sites for hydroxylation is 1. The van der Waals surface area contributed by atoms with Crippen molar-refractivity contribution in [3.63, 3.8) is 0 Å². The second-order valence-electron chi connectivity index (χ2n) is 4.25. The minimum absolute atomic E-state index is 0.340. The van der Waals surface area contributed by atoms with Crippen molar-refractivity contribution in [3.05, 3.63) is 18.2 Å². The maximum absolute atomic E-state index is 4.16. The van der Waals surface area contributed by atoms with Crippen LogP contribution in [0.25, 0.3) is 0 Å². The summed E-state index contributed by atoms with van der Waals surface area (Å²) in [5.74, 6) is 0. The van der Waals surface area contributed by atoms with Gasteiger partial charge in [0.2, 0.25) is 0 Å². The second-order valence-corrected chi connectivity index (χ2v) is 4.25. The first-order valence-electron chi connectivity index (χ1n) is 3.96. The first-order valence-corrected chi connectivity index (χ1v) is 3.96. The van der Waals surface area contributed by atoms with E-state index in [4.69, 9.17) is 0 Å². The Balaban J connectivity index is 2.65. The Morgan fingerprint density at radius 3 is 2.45 bits per heavy atom. The molecule has 0 aliphatic rings. The van der Waals surface area contributed by atoms with Gasteiger partial charge >= 0.3 is 0 Å². The van der Waals surface area contributed by atoms with E-state index < -0.39 is 0 Å². The van der Waals surface area contributed by atoms with E-state index in [0.29, 0.717) is 5.41 Å². The van der Waals surface area contributed by atoms with Crippen LogP contribution in [0.15, 0.2) is 12.5 Å². The zero-order valence-electron chi connectivity index (χ0n) is 7.76. The maximum atomic E-state index is 4.16. The molecule has 2 heteroatoms. The van der Waals surface area contributed by atoms with Gasteiger partial charge in [-0.3, -0.25) is 0 Å². The zero-order valence-corrected chi connectivity index (χ0v) is 7.76. The summed E-state index contributed by atoms with van der Waals surface area (Å²) in [6, 6.07) is 0. The molecule has 0 unspecified atom stereocenters. The van der Waals surface area contributed by atoms with Gasteiger partial charge < -0.3 is 4.57 Å². The smallest absolute Gasteiger partial charge is 0.0949 e. The van der Waals surface area contributed by atoms with Crippen molar-refractivity contribution in [3.8, 4) is 0 Å². The lowest BCUT2D eigenvalue weighted by Crippen LogP contribution is -2.13. The Bertz CT molecular complexity index is 230.